The molecule has 6 heteroatoms. The fourth-order valence-electron chi connectivity index (χ4n) is 1.66. The minimum atomic E-state index is -0.627. The lowest BCUT2D eigenvalue weighted by Gasteiger charge is -2.16. The Balaban J connectivity index is 2.15. The van der Waals surface area contributed by atoms with Crippen molar-refractivity contribution in [2.75, 3.05) is 13.2 Å². The van der Waals surface area contributed by atoms with E-state index in [1.54, 1.807) is 12.1 Å². The van der Waals surface area contributed by atoms with Crippen molar-refractivity contribution in [2.45, 2.75) is 32.1 Å². The number of aliphatic hydroxyl groups excluding tert-OH is 1. The average molecular weight is 301 g/mol. The normalized spacial score (nSPS) is 13.9. The lowest BCUT2D eigenvalue weighted by Crippen LogP contribution is -2.38. The van der Waals surface area contributed by atoms with Crippen LogP contribution in [0.5, 0.6) is 0 Å². The van der Waals surface area contributed by atoms with E-state index in [0.717, 1.165) is 5.56 Å². The third-order valence-corrected chi connectivity index (χ3v) is 2.95. The molecule has 0 heterocycles. The van der Waals surface area contributed by atoms with Crippen LogP contribution in [-0.4, -0.2) is 36.3 Å². The summed E-state index contributed by atoms with van der Waals surface area (Å²) in [5.41, 5.74) is 6.08. The van der Waals surface area contributed by atoms with Gasteiger partial charge in [-0.1, -0.05) is 23.7 Å². The summed E-state index contributed by atoms with van der Waals surface area (Å²) in [4.78, 5) is 10.7. The van der Waals surface area contributed by atoms with E-state index >= 15 is 0 Å². The maximum Gasteiger partial charge on any atom is 0.218 e. The first-order valence-corrected chi connectivity index (χ1v) is 6.87. The van der Waals surface area contributed by atoms with E-state index in [1.165, 1.54) is 0 Å². The zero-order valence-electron chi connectivity index (χ0n) is 11.5. The topological polar surface area (TPSA) is 84.6 Å². The van der Waals surface area contributed by atoms with Crippen molar-refractivity contribution in [1.82, 2.24) is 5.32 Å². The van der Waals surface area contributed by atoms with Crippen LogP contribution in [0.2, 0.25) is 5.02 Å². The van der Waals surface area contributed by atoms with Gasteiger partial charge in [0.2, 0.25) is 5.91 Å². The molecule has 4 N–H and O–H groups in total. The Morgan fingerprint density at radius 3 is 2.70 bits per heavy atom. The number of halogens is 1. The molecule has 0 saturated carbocycles. The summed E-state index contributed by atoms with van der Waals surface area (Å²) in [7, 11) is 0. The number of rotatable bonds is 9. The molecule has 112 valence electrons. The highest BCUT2D eigenvalue weighted by atomic mass is 35.5. The predicted octanol–water partition coefficient (Wildman–Crippen LogP) is 1.07. The summed E-state index contributed by atoms with van der Waals surface area (Å²) < 4.78 is 5.41. The Hall–Kier alpha value is -1.14. The van der Waals surface area contributed by atoms with Crippen LogP contribution in [-0.2, 0) is 16.1 Å². The van der Waals surface area contributed by atoms with Crippen molar-refractivity contribution in [3.8, 4) is 0 Å². The summed E-state index contributed by atoms with van der Waals surface area (Å²) in [6.45, 7) is 2.84. The second kappa shape index (κ2) is 8.92. The molecule has 1 aromatic carbocycles. The van der Waals surface area contributed by atoms with Crippen LogP contribution in [0.4, 0.5) is 0 Å². The Labute approximate surface area is 124 Å². The monoisotopic (exact) mass is 300 g/mol. The van der Waals surface area contributed by atoms with Gasteiger partial charge >= 0.3 is 0 Å². The maximum atomic E-state index is 10.7. The fourth-order valence-corrected chi connectivity index (χ4v) is 1.79. The number of nitrogens with one attached hydrogen (secondary N) is 1. The van der Waals surface area contributed by atoms with Gasteiger partial charge < -0.3 is 20.9 Å². The number of nitrogens with two attached hydrogens (primary N) is 1. The lowest BCUT2D eigenvalue weighted by molar-refractivity contribution is -0.118. The smallest absolute Gasteiger partial charge is 0.218 e. The highest BCUT2D eigenvalue weighted by Gasteiger charge is 2.09. The fraction of sp³-hybridized carbons (Fsp3) is 0.500. The zero-order valence-corrected chi connectivity index (χ0v) is 12.3. The highest BCUT2D eigenvalue weighted by molar-refractivity contribution is 6.30. The number of hydrogen-bond donors (Lipinski definition) is 3. The minimum absolute atomic E-state index is 0.0570. The first-order valence-electron chi connectivity index (χ1n) is 6.49. The molecule has 0 aliphatic carbocycles. The molecule has 20 heavy (non-hydrogen) atoms. The molecule has 0 aromatic heterocycles. The molecule has 5 nitrogen and oxygen atoms in total. The standard InChI is InChI=1S/C14H21ClN2O3/c1-10(6-14(16)19)17-7-13(18)9-20-8-11-2-4-12(15)5-3-11/h2-5,10,13,17-18H,6-9H2,1H3,(H2,16,19). The van der Waals surface area contributed by atoms with Crippen LogP contribution in [0.15, 0.2) is 24.3 Å². The van der Waals surface area contributed by atoms with Crippen LogP contribution >= 0.6 is 11.6 Å². The van der Waals surface area contributed by atoms with Crippen molar-refractivity contribution >= 4 is 17.5 Å². The number of benzene rings is 1. The first-order chi connectivity index (χ1) is 9.47. The number of hydrogen-bond acceptors (Lipinski definition) is 4. The van der Waals surface area contributed by atoms with Gasteiger partial charge in [-0.25, -0.2) is 0 Å². The van der Waals surface area contributed by atoms with Gasteiger partial charge in [-0.15, -0.1) is 0 Å². The van der Waals surface area contributed by atoms with E-state index in [4.69, 9.17) is 22.1 Å². The van der Waals surface area contributed by atoms with Gasteiger partial charge in [-0.3, -0.25) is 4.79 Å². The number of ether oxygens (including phenoxy) is 1. The van der Waals surface area contributed by atoms with Crippen LogP contribution in [0.25, 0.3) is 0 Å². The quantitative estimate of drug-likeness (QED) is 0.637. The third kappa shape index (κ3) is 7.45. The van der Waals surface area contributed by atoms with Gasteiger partial charge in [-0.05, 0) is 24.6 Å². The van der Waals surface area contributed by atoms with Crippen molar-refractivity contribution in [1.29, 1.82) is 0 Å². The molecular formula is C14H21ClN2O3. The summed E-state index contributed by atoms with van der Waals surface area (Å²) in [5.74, 6) is -0.363. The van der Waals surface area contributed by atoms with Gasteiger partial charge in [0.05, 0.1) is 19.3 Å². The molecule has 0 spiro atoms. The number of primary amides is 1. The SMILES string of the molecule is CC(CC(N)=O)NCC(O)COCc1ccc(Cl)cc1. The Bertz CT molecular complexity index is 411. The van der Waals surface area contributed by atoms with Crippen LogP contribution < -0.4 is 11.1 Å². The molecule has 2 atom stereocenters. The molecular weight excluding hydrogens is 280 g/mol. The molecule has 0 aliphatic heterocycles. The minimum Gasteiger partial charge on any atom is -0.389 e. The van der Waals surface area contributed by atoms with Crippen molar-refractivity contribution in [3.05, 3.63) is 34.9 Å². The van der Waals surface area contributed by atoms with E-state index in [1.807, 2.05) is 19.1 Å². The molecule has 1 rings (SSSR count). The molecule has 1 amide bonds. The summed E-state index contributed by atoms with van der Waals surface area (Å²) in [5, 5.41) is 13.4. The summed E-state index contributed by atoms with van der Waals surface area (Å²) in [6, 6.07) is 7.29. The summed E-state index contributed by atoms with van der Waals surface area (Å²) >= 11 is 5.78. The second-order valence-corrected chi connectivity index (χ2v) is 5.21. The van der Waals surface area contributed by atoms with Gasteiger partial charge in [0.15, 0.2) is 0 Å². The Morgan fingerprint density at radius 1 is 1.45 bits per heavy atom. The second-order valence-electron chi connectivity index (χ2n) is 4.78. The number of carbonyl (C=O) groups excluding carboxylic acids is 1. The van der Waals surface area contributed by atoms with Crippen molar-refractivity contribution < 1.29 is 14.6 Å². The van der Waals surface area contributed by atoms with E-state index in [2.05, 4.69) is 5.32 Å². The molecule has 0 aliphatic rings. The van der Waals surface area contributed by atoms with E-state index in [0.29, 0.717) is 18.2 Å². The first kappa shape index (κ1) is 16.9. The Kier molecular flexibility index (Phi) is 7.54. The number of carbonyl (C=O) groups is 1. The van der Waals surface area contributed by atoms with Gasteiger partial charge in [-0.2, -0.15) is 0 Å². The van der Waals surface area contributed by atoms with E-state index < -0.39 is 6.10 Å². The summed E-state index contributed by atoms with van der Waals surface area (Å²) in [6.07, 6.45) is -0.379. The molecule has 1 aromatic rings. The molecule has 2 unspecified atom stereocenters. The van der Waals surface area contributed by atoms with Crippen LogP contribution in [0.3, 0.4) is 0 Å². The largest absolute Gasteiger partial charge is 0.389 e. The van der Waals surface area contributed by atoms with Crippen molar-refractivity contribution in [2.24, 2.45) is 5.73 Å². The third-order valence-electron chi connectivity index (χ3n) is 2.70. The van der Waals surface area contributed by atoms with Gasteiger partial charge in [0, 0.05) is 24.0 Å². The van der Waals surface area contributed by atoms with Gasteiger partial charge in [0.25, 0.3) is 0 Å². The zero-order chi connectivity index (χ0) is 15.0. The number of amides is 1. The molecule has 0 fully saturated rings. The maximum absolute atomic E-state index is 10.7. The molecule has 0 bridgehead atoms. The van der Waals surface area contributed by atoms with Crippen molar-refractivity contribution in [3.63, 3.8) is 0 Å². The predicted molar refractivity (Wildman–Crippen MR) is 78.4 cm³/mol. The van der Waals surface area contributed by atoms with E-state index in [-0.39, 0.29) is 25.0 Å². The number of aliphatic hydroxyl groups is 1. The molecule has 0 saturated heterocycles. The van der Waals surface area contributed by atoms with Crippen LogP contribution in [0.1, 0.15) is 18.9 Å². The van der Waals surface area contributed by atoms with E-state index in [9.17, 15) is 9.90 Å². The average Bonchev–Trinajstić information content (AvgIpc) is 2.38. The molecule has 0 radical (unpaired) electrons. The van der Waals surface area contributed by atoms with Gasteiger partial charge in [0.1, 0.15) is 0 Å². The lowest BCUT2D eigenvalue weighted by atomic mass is 10.2. The Morgan fingerprint density at radius 2 is 2.10 bits per heavy atom. The van der Waals surface area contributed by atoms with Crippen LogP contribution in [0, 0.1) is 0 Å². The highest BCUT2D eigenvalue weighted by Crippen LogP contribution is 2.10.